The van der Waals surface area contributed by atoms with Gasteiger partial charge >= 0.3 is 0 Å². The molecule has 0 aliphatic heterocycles. The summed E-state index contributed by atoms with van der Waals surface area (Å²) < 4.78 is 1.16. The van der Waals surface area contributed by atoms with Crippen molar-refractivity contribution >= 4 is 38.9 Å². The van der Waals surface area contributed by atoms with Gasteiger partial charge in [-0.15, -0.1) is 11.3 Å². The molecule has 1 atom stereocenters. The summed E-state index contributed by atoms with van der Waals surface area (Å²) in [4.78, 5) is 1.31. The van der Waals surface area contributed by atoms with Crippen molar-refractivity contribution in [3.63, 3.8) is 0 Å². The van der Waals surface area contributed by atoms with Gasteiger partial charge in [0, 0.05) is 15.9 Å². The maximum absolute atomic E-state index is 6.15. The highest BCUT2D eigenvalue weighted by Crippen LogP contribution is 2.23. The van der Waals surface area contributed by atoms with E-state index in [2.05, 4.69) is 34.1 Å². The van der Waals surface area contributed by atoms with Crippen molar-refractivity contribution in [3.8, 4) is 0 Å². The number of thiophene rings is 1. The first-order valence-electron chi connectivity index (χ1n) is 5.38. The molecular weight excluding hydrogens is 318 g/mol. The Labute approximate surface area is 119 Å². The van der Waals surface area contributed by atoms with E-state index in [0.717, 1.165) is 21.7 Å². The third-order valence-corrected chi connectivity index (χ3v) is 4.36. The molecule has 1 aromatic heterocycles. The Bertz CT molecular complexity index is 498. The summed E-state index contributed by atoms with van der Waals surface area (Å²) in [6.45, 7) is 0. The fourth-order valence-corrected chi connectivity index (χ4v) is 3.55. The fraction of sp³-hybridized carbons (Fsp3) is 0.231. The molecule has 2 aromatic rings. The molecule has 0 fully saturated rings. The Balaban J connectivity index is 1.95. The van der Waals surface area contributed by atoms with E-state index >= 15 is 0 Å². The second-order valence-electron chi connectivity index (χ2n) is 4.00. The van der Waals surface area contributed by atoms with Gasteiger partial charge in [-0.2, -0.15) is 0 Å². The lowest BCUT2D eigenvalue weighted by Crippen LogP contribution is -2.25. The molecule has 0 radical (unpaired) electrons. The molecule has 0 bridgehead atoms. The maximum Gasteiger partial charge on any atom is 0.0701 e. The average molecular weight is 331 g/mol. The molecule has 17 heavy (non-hydrogen) atoms. The molecule has 1 unspecified atom stereocenters. The first-order valence-corrected chi connectivity index (χ1v) is 7.36. The van der Waals surface area contributed by atoms with Crippen LogP contribution in [0.2, 0.25) is 5.02 Å². The highest BCUT2D eigenvalue weighted by atomic mass is 79.9. The molecule has 1 nitrogen and oxygen atoms in total. The highest BCUT2D eigenvalue weighted by molar-refractivity contribution is 9.11. The standard InChI is InChI=1S/C13H13BrClNS/c14-13-5-4-12(17-13)8-11(16)7-9-2-1-3-10(15)6-9/h1-6,11H,7-8,16H2. The molecule has 0 aliphatic carbocycles. The van der Waals surface area contributed by atoms with Crippen LogP contribution < -0.4 is 5.73 Å². The molecule has 1 heterocycles. The Hall–Kier alpha value is -0.350. The second-order valence-corrected chi connectivity index (χ2v) is 6.99. The summed E-state index contributed by atoms with van der Waals surface area (Å²) in [5.41, 5.74) is 7.34. The first-order chi connectivity index (χ1) is 8.13. The summed E-state index contributed by atoms with van der Waals surface area (Å²) in [7, 11) is 0. The third kappa shape index (κ3) is 4.11. The third-order valence-electron chi connectivity index (χ3n) is 2.48. The zero-order valence-electron chi connectivity index (χ0n) is 9.20. The number of nitrogens with two attached hydrogens (primary N) is 1. The van der Waals surface area contributed by atoms with Crippen LogP contribution in [0.5, 0.6) is 0 Å². The summed E-state index contributed by atoms with van der Waals surface area (Å²) in [6.07, 6.45) is 1.76. The quantitative estimate of drug-likeness (QED) is 0.890. The lowest BCUT2D eigenvalue weighted by atomic mass is 10.0. The fourth-order valence-electron chi connectivity index (χ4n) is 1.76. The van der Waals surface area contributed by atoms with Crippen molar-refractivity contribution in [1.82, 2.24) is 0 Å². The number of halogens is 2. The van der Waals surface area contributed by atoms with Crippen molar-refractivity contribution in [2.75, 3.05) is 0 Å². The molecule has 1 aromatic carbocycles. The molecule has 2 N–H and O–H groups in total. The van der Waals surface area contributed by atoms with Crippen molar-refractivity contribution in [2.45, 2.75) is 18.9 Å². The Morgan fingerprint density at radius 1 is 1.24 bits per heavy atom. The van der Waals surface area contributed by atoms with Crippen LogP contribution in [0, 0.1) is 0 Å². The van der Waals surface area contributed by atoms with Crippen molar-refractivity contribution in [1.29, 1.82) is 0 Å². The Kier molecular flexibility index (Phi) is 4.62. The van der Waals surface area contributed by atoms with Crippen LogP contribution in [0.1, 0.15) is 10.4 Å². The van der Waals surface area contributed by atoms with Crippen LogP contribution in [-0.4, -0.2) is 6.04 Å². The molecular formula is C13H13BrClNS. The minimum absolute atomic E-state index is 0.138. The molecule has 0 amide bonds. The highest BCUT2D eigenvalue weighted by Gasteiger charge is 2.07. The average Bonchev–Trinajstić information content (AvgIpc) is 2.63. The van der Waals surface area contributed by atoms with Gasteiger partial charge in [-0.1, -0.05) is 23.7 Å². The number of hydrogen-bond acceptors (Lipinski definition) is 2. The van der Waals surface area contributed by atoms with Gasteiger partial charge in [-0.25, -0.2) is 0 Å². The molecule has 0 saturated heterocycles. The number of hydrogen-bond donors (Lipinski definition) is 1. The Morgan fingerprint density at radius 2 is 2.06 bits per heavy atom. The summed E-state index contributed by atoms with van der Waals surface area (Å²) in [6, 6.07) is 12.2. The summed E-state index contributed by atoms with van der Waals surface area (Å²) in [5, 5.41) is 0.772. The van der Waals surface area contributed by atoms with E-state index in [0.29, 0.717) is 0 Å². The van der Waals surface area contributed by atoms with Crippen LogP contribution in [0.15, 0.2) is 40.2 Å². The lowest BCUT2D eigenvalue weighted by Gasteiger charge is -2.10. The smallest absolute Gasteiger partial charge is 0.0701 e. The summed E-state index contributed by atoms with van der Waals surface area (Å²) >= 11 is 11.1. The van der Waals surface area contributed by atoms with E-state index in [9.17, 15) is 0 Å². The minimum atomic E-state index is 0.138. The maximum atomic E-state index is 6.15. The molecule has 0 spiro atoms. The predicted molar refractivity (Wildman–Crippen MR) is 78.9 cm³/mol. The predicted octanol–water partition coefficient (Wildman–Crippen LogP) is 4.28. The molecule has 90 valence electrons. The van der Waals surface area contributed by atoms with Crippen LogP contribution >= 0.6 is 38.9 Å². The van der Waals surface area contributed by atoms with E-state index in [4.69, 9.17) is 17.3 Å². The van der Waals surface area contributed by atoms with E-state index in [1.165, 1.54) is 10.4 Å². The van der Waals surface area contributed by atoms with Gasteiger partial charge in [0.25, 0.3) is 0 Å². The van der Waals surface area contributed by atoms with Gasteiger partial charge in [0.1, 0.15) is 0 Å². The zero-order valence-corrected chi connectivity index (χ0v) is 12.4. The van der Waals surface area contributed by atoms with Gasteiger partial charge in [-0.05, 0) is 58.6 Å². The van der Waals surface area contributed by atoms with Gasteiger partial charge < -0.3 is 5.73 Å². The molecule has 4 heteroatoms. The topological polar surface area (TPSA) is 26.0 Å². The monoisotopic (exact) mass is 329 g/mol. The van der Waals surface area contributed by atoms with E-state index in [1.807, 2.05) is 18.2 Å². The van der Waals surface area contributed by atoms with Crippen molar-refractivity contribution < 1.29 is 0 Å². The van der Waals surface area contributed by atoms with Crippen molar-refractivity contribution in [2.24, 2.45) is 5.73 Å². The normalized spacial score (nSPS) is 12.6. The van der Waals surface area contributed by atoms with Gasteiger partial charge in [0.15, 0.2) is 0 Å². The van der Waals surface area contributed by atoms with E-state index in [-0.39, 0.29) is 6.04 Å². The number of rotatable bonds is 4. The molecule has 0 saturated carbocycles. The van der Waals surface area contributed by atoms with Crippen LogP contribution in [0.25, 0.3) is 0 Å². The second kappa shape index (κ2) is 6.01. The number of benzene rings is 1. The first kappa shape index (κ1) is 13.1. The lowest BCUT2D eigenvalue weighted by molar-refractivity contribution is 0.671. The summed E-state index contributed by atoms with van der Waals surface area (Å²) in [5.74, 6) is 0. The largest absolute Gasteiger partial charge is 0.327 e. The van der Waals surface area contributed by atoms with Gasteiger partial charge in [-0.3, -0.25) is 0 Å². The molecule has 0 aliphatic rings. The van der Waals surface area contributed by atoms with E-state index < -0.39 is 0 Å². The van der Waals surface area contributed by atoms with Gasteiger partial charge in [0.05, 0.1) is 3.79 Å². The van der Waals surface area contributed by atoms with Crippen molar-refractivity contribution in [3.05, 3.63) is 55.6 Å². The van der Waals surface area contributed by atoms with Crippen LogP contribution in [-0.2, 0) is 12.8 Å². The minimum Gasteiger partial charge on any atom is -0.327 e. The van der Waals surface area contributed by atoms with Crippen LogP contribution in [0.3, 0.4) is 0 Å². The zero-order chi connectivity index (χ0) is 12.3. The molecule has 2 rings (SSSR count). The Morgan fingerprint density at radius 3 is 2.71 bits per heavy atom. The van der Waals surface area contributed by atoms with E-state index in [1.54, 1.807) is 11.3 Å². The SMILES string of the molecule is NC(Cc1cccc(Cl)c1)Cc1ccc(Br)s1. The van der Waals surface area contributed by atoms with Gasteiger partial charge in [0.2, 0.25) is 0 Å². The van der Waals surface area contributed by atoms with Crippen LogP contribution in [0.4, 0.5) is 0 Å².